The van der Waals surface area contributed by atoms with Gasteiger partial charge < -0.3 is 31.5 Å². The quantitative estimate of drug-likeness (QED) is 0.222. The van der Waals surface area contributed by atoms with Crippen LogP contribution in [0.1, 0.15) is 25.7 Å². The predicted octanol–water partition coefficient (Wildman–Crippen LogP) is -2.22. The fourth-order valence-electron chi connectivity index (χ4n) is 2.74. The number of hydrogen-bond acceptors (Lipinski definition) is 7. The third-order valence-corrected chi connectivity index (χ3v) is 4.47. The third kappa shape index (κ3) is 6.71. The van der Waals surface area contributed by atoms with Crippen LogP contribution in [0.4, 0.5) is 0 Å². The maximum Gasteiger partial charge on any atom is 0.327 e. The Bertz CT molecular complexity index is 601. The second-order valence-electron chi connectivity index (χ2n) is 6.03. The molecule has 152 valence electrons. The number of carboxylic acids is 2. The molecular weight excluding hydrogens is 380 g/mol. The summed E-state index contributed by atoms with van der Waals surface area (Å²) in [7, 11) is 0. The predicted molar refractivity (Wildman–Crippen MR) is 96.0 cm³/mol. The Morgan fingerprint density at radius 3 is 2.33 bits per heavy atom. The van der Waals surface area contributed by atoms with Crippen molar-refractivity contribution in [1.29, 1.82) is 0 Å². The molecule has 0 aromatic heterocycles. The summed E-state index contributed by atoms with van der Waals surface area (Å²) in [5.74, 6) is -4.36. The average Bonchev–Trinajstić information content (AvgIpc) is 3.11. The van der Waals surface area contributed by atoms with E-state index in [4.69, 9.17) is 15.9 Å². The van der Waals surface area contributed by atoms with Gasteiger partial charge in [-0.15, -0.1) is 0 Å². The summed E-state index contributed by atoms with van der Waals surface area (Å²) >= 11 is 3.87. The number of rotatable bonds is 10. The average molecular weight is 404 g/mol. The Hall–Kier alpha value is -2.34. The highest BCUT2D eigenvalue weighted by molar-refractivity contribution is 7.80. The highest BCUT2D eigenvalue weighted by Gasteiger charge is 2.38. The smallest absolute Gasteiger partial charge is 0.327 e. The lowest BCUT2D eigenvalue weighted by molar-refractivity contribution is -0.144. The molecule has 11 nitrogen and oxygen atoms in total. The van der Waals surface area contributed by atoms with Crippen LogP contribution in [-0.2, 0) is 24.0 Å². The Morgan fingerprint density at radius 2 is 1.81 bits per heavy atom. The minimum atomic E-state index is -1.25. The van der Waals surface area contributed by atoms with E-state index in [1.54, 1.807) is 0 Å². The Morgan fingerprint density at radius 1 is 1.15 bits per heavy atom. The van der Waals surface area contributed by atoms with Crippen molar-refractivity contribution in [3.8, 4) is 0 Å². The zero-order valence-electron chi connectivity index (χ0n) is 14.6. The summed E-state index contributed by atoms with van der Waals surface area (Å²) in [5.41, 5.74) is 5.22. The molecule has 0 spiro atoms. The molecule has 1 rings (SSSR count). The molecule has 12 heteroatoms. The summed E-state index contributed by atoms with van der Waals surface area (Å²) in [4.78, 5) is 59.8. The molecule has 0 aromatic carbocycles. The van der Waals surface area contributed by atoms with Crippen LogP contribution in [0.3, 0.4) is 0 Å². The molecular formula is C15H24N4O7S. The van der Waals surface area contributed by atoms with Crippen LogP contribution in [0.2, 0.25) is 0 Å². The molecule has 0 bridgehead atoms. The standard InChI is InChI=1S/C15H24N4O7S/c16-6-11(20)17-8(3-4-12(21)22)14(24)19-5-1-2-10(19)13(23)18-9(7-27)15(25)26/h8-10,27H,1-7,16H2,(H,17,20)(H,18,23)(H,21,22)(H,25,26). The van der Waals surface area contributed by atoms with Gasteiger partial charge in [-0.25, -0.2) is 4.79 Å². The van der Waals surface area contributed by atoms with Gasteiger partial charge in [0, 0.05) is 18.7 Å². The van der Waals surface area contributed by atoms with Crippen LogP contribution < -0.4 is 16.4 Å². The van der Waals surface area contributed by atoms with Gasteiger partial charge in [0.15, 0.2) is 0 Å². The summed E-state index contributed by atoms with van der Waals surface area (Å²) in [6, 6.07) is -3.23. The molecule has 1 heterocycles. The molecule has 3 amide bonds. The van der Waals surface area contributed by atoms with Crippen LogP contribution in [-0.4, -0.2) is 81.7 Å². The number of nitrogens with zero attached hydrogens (tertiary/aromatic N) is 1. The molecule has 3 unspecified atom stereocenters. The summed E-state index contributed by atoms with van der Waals surface area (Å²) in [6.07, 6.45) is 0.331. The zero-order chi connectivity index (χ0) is 20.6. The fraction of sp³-hybridized carbons (Fsp3) is 0.667. The van der Waals surface area contributed by atoms with Crippen molar-refractivity contribution in [2.75, 3.05) is 18.8 Å². The molecule has 0 radical (unpaired) electrons. The maximum absolute atomic E-state index is 12.8. The highest BCUT2D eigenvalue weighted by atomic mass is 32.1. The van der Waals surface area contributed by atoms with Crippen LogP contribution in [0.25, 0.3) is 0 Å². The van der Waals surface area contributed by atoms with E-state index in [9.17, 15) is 24.0 Å². The van der Waals surface area contributed by atoms with E-state index in [1.165, 1.54) is 4.90 Å². The number of thiol groups is 1. The first-order valence-electron chi connectivity index (χ1n) is 8.37. The molecule has 1 saturated heterocycles. The number of carboxylic acid groups (broad SMARTS) is 2. The lowest BCUT2D eigenvalue weighted by atomic mass is 10.1. The maximum atomic E-state index is 12.8. The van der Waals surface area contributed by atoms with Gasteiger partial charge in [0.2, 0.25) is 17.7 Å². The van der Waals surface area contributed by atoms with Crippen LogP contribution in [0.15, 0.2) is 0 Å². The second kappa shape index (κ2) is 10.7. The molecule has 0 aliphatic carbocycles. The van der Waals surface area contributed by atoms with E-state index in [1.807, 2.05) is 0 Å². The fourth-order valence-corrected chi connectivity index (χ4v) is 2.98. The summed E-state index contributed by atoms with van der Waals surface area (Å²) in [6.45, 7) is -0.138. The van der Waals surface area contributed by atoms with Crippen molar-refractivity contribution >= 4 is 42.3 Å². The van der Waals surface area contributed by atoms with Gasteiger partial charge in [-0.2, -0.15) is 12.6 Å². The minimum Gasteiger partial charge on any atom is -0.481 e. The molecule has 3 atom stereocenters. The minimum absolute atomic E-state index is 0.116. The van der Waals surface area contributed by atoms with Gasteiger partial charge in [0.05, 0.1) is 6.54 Å². The number of hydrogen-bond donors (Lipinski definition) is 6. The van der Waals surface area contributed by atoms with Gasteiger partial charge in [0.1, 0.15) is 18.1 Å². The van der Waals surface area contributed by atoms with Crippen molar-refractivity contribution in [3.05, 3.63) is 0 Å². The number of nitrogens with two attached hydrogens (primary N) is 1. The molecule has 1 fully saturated rings. The Kier molecular flexibility index (Phi) is 9.02. The number of amides is 3. The van der Waals surface area contributed by atoms with E-state index in [0.717, 1.165) is 0 Å². The van der Waals surface area contributed by atoms with Crippen LogP contribution in [0, 0.1) is 0 Å². The van der Waals surface area contributed by atoms with Gasteiger partial charge in [-0.05, 0) is 19.3 Å². The van der Waals surface area contributed by atoms with Gasteiger partial charge in [0.25, 0.3) is 0 Å². The lowest BCUT2D eigenvalue weighted by Gasteiger charge is -2.29. The topological polar surface area (TPSA) is 179 Å². The number of carbonyl (C=O) groups excluding carboxylic acids is 3. The van der Waals surface area contributed by atoms with Gasteiger partial charge >= 0.3 is 11.9 Å². The van der Waals surface area contributed by atoms with E-state index in [0.29, 0.717) is 12.8 Å². The van der Waals surface area contributed by atoms with Crippen molar-refractivity contribution < 1.29 is 34.2 Å². The summed E-state index contributed by atoms with van der Waals surface area (Å²) < 4.78 is 0. The van der Waals surface area contributed by atoms with Crippen molar-refractivity contribution in [1.82, 2.24) is 15.5 Å². The first-order valence-corrected chi connectivity index (χ1v) is 9.00. The molecule has 27 heavy (non-hydrogen) atoms. The molecule has 0 saturated carbocycles. The highest BCUT2D eigenvalue weighted by Crippen LogP contribution is 2.20. The second-order valence-corrected chi connectivity index (χ2v) is 6.39. The molecule has 1 aliphatic rings. The first kappa shape index (κ1) is 22.7. The number of likely N-dealkylation sites (tertiary alicyclic amines) is 1. The van der Waals surface area contributed by atoms with Crippen molar-refractivity contribution in [2.24, 2.45) is 5.73 Å². The Labute approximate surface area is 161 Å². The van der Waals surface area contributed by atoms with Gasteiger partial charge in [-0.3, -0.25) is 19.2 Å². The SMILES string of the molecule is NCC(=O)NC(CCC(=O)O)C(=O)N1CCCC1C(=O)NC(CS)C(=O)O. The number of nitrogens with one attached hydrogen (secondary N) is 2. The van der Waals surface area contributed by atoms with Crippen molar-refractivity contribution in [2.45, 2.75) is 43.8 Å². The molecule has 6 N–H and O–H groups in total. The number of aliphatic carboxylic acids is 2. The first-order chi connectivity index (χ1) is 12.7. The monoisotopic (exact) mass is 404 g/mol. The van der Waals surface area contributed by atoms with E-state index < -0.39 is 47.8 Å². The van der Waals surface area contributed by atoms with E-state index >= 15 is 0 Å². The third-order valence-electron chi connectivity index (χ3n) is 4.10. The normalized spacial score (nSPS) is 18.4. The molecule has 0 aromatic rings. The van der Waals surface area contributed by atoms with Gasteiger partial charge in [-0.1, -0.05) is 0 Å². The van der Waals surface area contributed by atoms with Crippen molar-refractivity contribution in [3.63, 3.8) is 0 Å². The Balaban J connectivity index is 2.88. The van der Waals surface area contributed by atoms with E-state index in [2.05, 4.69) is 23.3 Å². The molecule has 1 aliphatic heterocycles. The van der Waals surface area contributed by atoms with Crippen LogP contribution in [0.5, 0.6) is 0 Å². The zero-order valence-corrected chi connectivity index (χ0v) is 15.5. The number of carbonyl (C=O) groups is 5. The summed E-state index contributed by atoms with van der Waals surface area (Å²) in [5, 5.41) is 22.5. The van der Waals surface area contributed by atoms with E-state index in [-0.39, 0.29) is 31.7 Å². The van der Waals surface area contributed by atoms with Crippen LogP contribution >= 0.6 is 12.6 Å². The largest absolute Gasteiger partial charge is 0.481 e. The lowest BCUT2D eigenvalue weighted by Crippen LogP contribution is -2.56.